The quantitative estimate of drug-likeness (QED) is 0.438. The summed E-state index contributed by atoms with van der Waals surface area (Å²) in [5.74, 6) is -1.16. The normalized spacial score (nSPS) is 13.5. The van der Waals surface area contributed by atoms with Gasteiger partial charge in [-0.05, 0) is 31.0 Å². The third-order valence-corrected chi connectivity index (χ3v) is 5.68. The second-order valence-corrected chi connectivity index (χ2v) is 7.88. The summed E-state index contributed by atoms with van der Waals surface area (Å²) in [6.07, 6.45) is 1.13. The molecule has 6 nitrogen and oxygen atoms in total. The van der Waals surface area contributed by atoms with Gasteiger partial charge in [-0.3, -0.25) is 4.79 Å². The van der Waals surface area contributed by atoms with Crippen molar-refractivity contribution in [1.29, 1.82) is 0 Å². The summed E-state index contributed by atoms with van der Waals surface area (Å²) < 4.78 is 28.1. The minimum Gasteiger partial charge on any atom is -0.361 e. The van der Waals surface area contributed by atoms with Crippen LogP contribution in [-0.2, 0) is 21.2 Å². The van der Waals surface area contributed by atoms with Crippen molar-refractivity contribution in [2.24, 2.45) is 5.92 Å². The summed E-state index contributed by atoms with van der Waals surface area (Å²) in [5, 5.41) is 0. The molecule has 2 aromatic rings. The fourth-order valence-corrected chi connectivity index (χ4v) is 3.86. The van der Waals surface area contributed by atoms with Crippen molar-refractivity contribution in [3.05, 3.63) is 71.3 Å². The zero-order chi connectivity index (χ0) is 19.2. The summed E-state index contributed by atoms with van der Waals surface area (Å²) >= 11 is 0. The Labute approximate surface area is 153 Å². The van der Waals surface area contributed by atoms with Crippen molar-refractivity contribution >= 4 is 22.0 Å². The molecule has 2 rings (SSSR count). The second kappa shape index (κ2) is 8.67. The molecule has 0 saturated carbocycles. The predicted molar refractivity (Wildman–Crippen MR) is 99.3 cm³/mol. The van der Waals surface area contributed by atoms with Crippen LogP contribution in [0.2, 0.25) is 0 Å². The van der Waals surface area contributed by atoms with Crippen LogP contribution in [0.15, 0.2) is 59.5 Å². The minimum absolute atomic E-state index is 0.136. The Morgan fingerprint density at radius 2 is 1.77 bits per heavy atom. The SMILES string of the molecule is Cc1ccc(S(=O)(=O)N[C@@H](Cc2ccccc2)[C@H](C)C(=O)C=[N+]=[N-])cc1. The number of nitrogens with zero attached hydrogens (tertiary/aromatic N) is 2. The van der Waals surface area contributed by atoms with Gasteiger partial charge in [0.25, 0.3) is 0 Å². The molecule has 26 heavy (non-hydrogen) atoms. The third kappa shape index (κ3) is 5.20. The van der Waals surface area contributed by atoms with E-state index in [4.69, 9.17) is 5.53 Å². The lowest BCUT2D eigenvalue weighted by Gasteiger charge is -2.22. The van der Waals surface area contributed by atoms with Gasteiger partial charge >= 0.3 is 6.21 Å². The van der Waals surface area contributed by atoms with Crippen molar-refractivity contribution < 1.29 is 18.0 Å². The van der Waals surface area contributed by atoms with Crippen LogP contribution in [0, 0.1) is 12.8 Å². The molecule has 0 spiro atoms. The fourth-order valence-electron chi connectivity index (χ4n) is 2.55. The number of carbonyl (C=O) groups excluding carboxylic acids is 1. The summed E-state index contributed by atoms with van der Waals surface area (Å²) in [5.41, 5.74) is 10.4. The first-order valence-electron chi connectivity index (χ1n) is 8.17. The van der Waals surface area contributed by atoms with Gasteiger partial charge in [0.2, 0.25) is 15.8 Å². The van der Waals surface area contributed by atoms with E-state index in [0.29, 0.717) is 6.42 Å². The van der Waals surface area contributed by atoms with Crippen molar-refractivity contribution in [3.63, 3.8) is 0 Å². The maximum atomic E-state index is 12.7. The first-order valence-corrected chi connectivity index (χ1v) is 9.66. The predicted octanol–water partition coefficient (Wildman–Crippen LogP) is 2.39. The molecule has 136 valence electrons. The number of hydrogen-bond donors (Lipinski definition) is 1. The summed E-state index contributed by atoms with van der Waals surface area (Å²) in [7, 11) is -3.80. The number of carbonyl (C=O) groups is 1. The van der Waals surface area contributed by atoms with Gasteiger partial charge in [0.05, 0.1) is 4.90 Å². The molecular formula is C19H21N3O3S. The van der Waals surface area contributed by atoms with E-state index in [1.165, 1.54) is 12.1 Å². The molecule has 0 radical (unpaired) electrons. The molecule has 0 aliphatic heterocycles. The van der Waals surface area contributed by atoms with Crippen LogP contribution >= 0.6 is 0 Å². The van der Waals surface area contributed by atoms with E-state index in [-0.39, 0.29) is 4.90 Å². The molecule has 7 heteroatoms. The van der Waals surface area contributed by atoms with E-state index in [2.05, 4.69) is 9.51 Å². The standard InChI is InChI=1S/C19H21N3O3S/c1-14-8-10-17(11-9-14)26(24,25)22-18(15(2)19(23)13-21-20)12-16-6-4-3-5-7-16/h3-11,13,15,18,22H,12H2,1-2H3/t15-,18-/m0/s1. The van der Waals surface area contributed by atoms with Gasteiger partial charge in [-0.1, -0.05) is 55.0 Å². The summed E-state index contributed by atoms with van der Waals surface area (Å²) in [6, 6.07) is 15.1. The van der Waals surface area contributed by atoms with Gasteiger partial charge < -0.3 is 5.53 Å². The highest BCUT2D eigenvalue weighted by Crippen LogP contribution is 2.16. The first kappa shape index (κ1) is 19.7. The molecule has 0 fully saturated rings. The topological polar surface area (TPSA) is 99.6 Å². The van der Waals surface area contributed by atoms with Crippen LogP contribution in [0.4, 0.5) is 0 Å². The van der Waals surface area contributed by atoms with Gasteiger partial charge in [0.1, 0.15) is 0 Å². The zero-order valence-corrected chi connectivity index (χ0v) is 15.5. The number of nitrogens with one attached hydrogen (secondary N) is 1. The smallest absolute Gasteiger partial charge is 0.323 e. The second-order valence-electron chi connectivity index (χ2n) is 6.17. The van der Waals surface area contributed by atoms with Crippen LogP contribution < -0.4 is 4.72 Å². The lowest BCUT2D eigenvalue weighted by molar-refractivity contribution is -0.119. The molecule has 0 aliphatic rings. The summed E-state index contributed by atoms with van der Waals surface area (Å²) in [4.78, 5) is 15.0. The number of rotatable bonds is 8. The maximum Gasteiger partial charge on any atom is 0.323 e. The molecule has 2 atom stereocenters. The van der Waals surface area contributed by atoms with Crippen LogP contribution in [-0.4, -0.2) is 31.2 Å². The Hall–Kier alpha value is -2.60. The molecule has 1 N–H and O–H groups in total. The van der Waals surface area contributed by atoms with E-state index in [1.54, 1.807) is 19.1 Å². The van der Waals surface area contributed by atoms with Crippen molar-refractivity contribution in [3.8, 4) is 0 Å². The Bertz CT molecular complexity index is 903. The van der Waals surface area contributed by atoms with Crippen LogP contribution in [0.3, 0.4) is 0 Å². The average molecular weight is 371 g/mol. The highest BCUT2D eigenvalue weighted by molar-refractivity contribution is 7.89. The molecule has 0 aliphatic carbocycles. The van der Waals surface area contributed by atoms with Crippen LogP contribution in [0.25, 0.3) is 5.53 Å². The monoisotopic (exact) mass is 371 g/mol. The maximum absolute atomic E-state index is 12.7. The molecule has 0 saturated heterocycles. The first-order chi connectivity index (χ1) is 12.3. The van der Waals surface area contributed by atoms with E-state index < -0.39 is 27.8 Å². The largest absolute Gasteiger partial charge is 0.361 e. The summed E-state index contributed by atoms with van der Waals surface area (Å²) in [6.45, 7) is 3.48. The lowest BCUT2D eigenvalue weighted by atomic mass is 9.93. The van der Waals surface area contributed by atoms with Crippen LogP contribution in [0.5, 0.6) is 0 Å². The van der Waals surface area contributed by atoms with E-state index >= 15 is 0 Å². The number of sulfonamides is 1. The van der Waals surface area contributed by atoms with Gasteiger partial charge in [-0.2, -0.15) is 4.79 Å². The molecule has 0 bridgehead atoms. The minimum atomic E-state index is -3.80. The highest BCUT2D eigenvalue weighted by atomic mass is 32.2. The van der Waals surface area contributed by atoms with Crippen molar-refractivity contribution in [2.45, 2.75) is 31.2 Å². The number of aryl methyl sites for hydroxylation is 1. The third-order valence-electron chi connectivity index (χ3n) is 4.17. The average Bonchev–Trinajstić information content (AvgIpc) is 2.62. The number of ketones is 1. The lowest BCUT2D eigenvalue weighted by Crippen LogP contribution is -2.44. The number of Topliss-reactive ketones (excluding diaryl/α,β-unsaturated/α-hetero) is 1. The van der Waals surface area contributed by atoms with Gasteiger partial charge in [-0.15, -0.1) is 0 Å². The molecule has 0 amide bonds. The molecular weight excluding hydrogens is 350 g/mol. The Kier molecular flexibility index (Phi) is 6.58. The Morgan fingerprint density at radius 1 is 1.15 bits per heavy atom. The van der Waals surface area contributed by atoms with Crippen LogP contribution in [0.1, 0.15) is 18.1 Å². The molecule has 0 unspecified atom stereocenters. The zero-order valence-electron chi connectivity index (χ0n) is 14.7. The Morgan fingerprint density at radius 3 is 2.35 bits per heavy atom. The number of hydrogen-bond acceptors (Lipinski definition) is 3. The molecule has 0 aromatic heterocycles. The molecule has 2 aromatic carbocycles. The van der Waals surface area contributed by atoms with Gasteiger partial charge in [0, 0.05) is 12.0 Å². The number of benzene rings is 2. The van der Waals surface area contributed by atoms with Gasteiger partial charge in [-0.25, -0.2) is 13.1 Å². The van der Waals surface area contributed by atoms with Gasteiger partial charge in [0.15, 0.2) is 0 Å². The van der Waals surface area contributed by atoms with E-state index in [0.717, 1.165) is 17.3 Å². The van der Waals surface area contributed by atoms with Crippen molar-refractivity contribution in [1.82, 2.24) is 4.72 Å². The van der Waals surface area contributed by atoms with Crippen molar-refractivity contribution in [2.75, 3.05) is 0 Å². The molecule has 0 heterocycles. The van der Waals surface area contributed by atoms with E-state index in [1.807, 2.05) is 37.3 Å². The fraction of sp³-hybridized carbons (Fsp3) is 0.263. The highest BCUT2D eigenvalue weighted by Gasteiger charge is 2.29. The Balaban J connectivity index is 2.31. The van der Waals surface area contributed by atoms with E-state index in [9.17, 15) is 13.2 Å².